The Morgan fingerprint density at radius 3 is 2.52 bits per heavy atom. The summed E-state index contributed by atoms with van der Waals surface area (Å²) in [6.45, 7) is 1.87. The van der Waals surface area contributed by atoms with Gasteiger partial charge < -0.3 is 9.64 Å². The van der Waals surface area contributed by atoms with Gasteiger partial charge in [0.05, 0.1) is 5.56 Å². The standard InChI is InChI=1S/C17H18FNO2/c1-19-10-8-12(9-11-19)21-17(20)15-6-7-16(18)14-5-3-2-4-13(14)15/h2-7,12H,8-11H2,1H3. The number of fused-ring (bicyclic) bond motifs is 1. The molecule has 1 aliphatic rings. The first-order valence-corrected chi connectivity index (χ1v) is 7.22. The van der Waals surface area contributed by atoms with Crippen LogP contribution in [-0.4, -0.2) is 37.1 Å². The molecule has 2 aromatic rings. The van der Waals surface area contributed by atoms with E-state index in [0.717, 1.165) is 25.9 Å². The summed E-state index contributed by atoms with van der Waals surface area (Å²) in [7, 11) is 2.06. The van der Waals surface area contributed by atoms with Gasteiger partial charge in [0.15, 0.2) is 0 Å². The van der Waals surface area contributed by atoms with Crippen LogP contribution in [-0.2, 0) is 4.74 Å². The van der Waals surface area contributed by atoms with Crippen LogP contribution in [0.2, 0.25) is 0 Å². The highest BCUT2D eigenvalue weighted by molar-refractivity contribution is 6.04. The molecule has 0 saturated carbocycles. The number of benzene rings is 2. The van der Waals surface area contributed by atoms with Crippen molar-refractivity contribution < 1.29 is 13.9 Å². The van der Waals surface area contributed by atoms with Crippen molar-refractivity contribution >= 4 is 16.7 Å². The SMILES string of the molecule is CN1CCC(OC(=O)c2ccc(F)c3ccccc23)CC1. The molecule has 1 saturated heterocycles. The fourth-order valence-corrected chi connectivity index (χ4v) is 2.76. The molecule has 0 bridgehead atoms. The number of nitrogens with zero attached hydrogens (tertiary/aromatic N) is 1. The molecule has 1 aliphatic heterocycles. The molecule has 0 N–H and O–H groups in total. The summed E-state index contributed by atoms with van der Waals surface area (Å²) in [5, 5.41) is 1.06. The lowest BCUT2D eigenvalue weighted by atomic mass is 10.0. The number of likely N-dealkylation sites (tertiary alicyclic amines) is 1. The lowest BCUT2D eigenvalue weighted by Crippen LogP contribution is -2.35. The van der Waals surface area contributed by atoms with Crippen LogP contribution in [0, 0.1) is 5.82 Å². The average Bonchev–Trinajstić information content (AvgIpc) is 2.50. The Kier molecular flexibility index (Phi) is 3.88. The highest BCUT2D eigenvalue weighted by Gasteiger charge is 2.22. The van der Waals surface area contributed by atoms with Crippen LogP contribution in [0.1, 0.15) is 23.2 Å². The molecule has 0 amide bonds. The first-order valence-electron chi connectivity index (χ1n) is 7.22. The third kappa shape index (κ3) is 2.90. The highest BCUT2D eigenvalue weighted by atomic mass is 19.1. The molecule has 3 nitrogen and oxygen atoms in total. The second kappa shape index (κ2) is 5.82. The van der Waals surface area contributed by atoms with Crippen LogP contribution in [0.4, 0.5) is 4.39 Å². The Morgan fingerprint density at radius 1 is 1.14 bits per heavy atom. The maximum Gasteiger partial charge on any atom is 0.339 e. The minimum atomic E-state index is -0.360. The van der Waals surface area contributed by atoms with Gasteiger partial charge in [0.2, 0.25) is 0 Å². The number of carbonyl (C=O) groups is 1. The fourth-order valence-electron chi connectivity index (χ4n) is 2.76. The van der Waals surface area contributed by atoms with E-state index in [1.54, 1.807) is 24.3 Å². The summed E-state index contributed by atoms with van der Waals surface area (Å²) >= 11 is 0. The maximum atomic E-state index is 13.8. The summed E-state index contributed by atoms with van der Waals surface area (Å²) in [5.74, 6) is -0.679. The molecule has 1 heterocycles. The van der Waals surface area contributed by atoms with E-state index in [9.17, 15) is 9.18 Å². The van der Waals surface area contributed by atoms with Crippen LogP contribution < -0.4 is 0 Å². The monoisotopic (exact) mass is 287 g/mol. The molecular weight excluding hydrogens is 269 g/mol. The van der Waals surface area contributed by atoms with E-state index in [-0.39, 0.29) is 17.9 Å². The van der Waals surface area contributed by atoms with Crippen LogP contribution >= 0.6 is 0 Å². The molecule has 0 atom stereocenters. The fraction of sp³-hybridized carbons (Fsp3) is 0.353. The van der Waals surface area contributed by atoms with Gasteiger partial charge in [0, 0.05) is 18.5 Å². The summed E-state index contributed by atoms with van der Waals surface area (Å²) in [5.41, 5.74) is 0.436. The van der Waals surface area contributed by atoms with E-state index < -0.39 is 0 Å². The lowest BCUT2D eigenvalue weighted by Gasteiger charge is -2.28. The van der Waals surface area contributed by atoms with Gasteiger partial charge in [-0.15, -0.1) is 0 Å². The third-order valence-corrected chi connectivity index (χ3v) is 4.03. The van der Waals surface area contributed by atoms with Gasteiger partial charge in [-0.3, -0.25) is 0 Å². The first-order chi connectivity index (χ1) is 10.1. The van der Waals surface area contributed by atoms with Crippen molar-refractivity contribution in [2.45, 2.75) is 18.9 Å². The number of hydrogen-bond acceptors (Lipinski definition) is 3. The molecule has 1 fully saturated rings. The average molecular weight is 287 g/mol. The zero-order valence-electron chi connectivity index (χ0n) is 12.0. The molecule has 0 aromatic heterocycles. The Balaban J connectivity index is 1.83. The molecule has 110 valence electrons. The highest BCUT2D eigenvalue weighted by Crippen LogP contribution is 2.23. The Bertz CT molecular complexity index is 663. The molecule has 0 spiro atoms. The van der Waals surface area contributed by atoms with Crippen LogP contribution in [0.5, 0.6) is 0 Å². The van der Waals surface area contributed by atoms with Gasteiger partial charge in [-0.25, -0.2) is 9.18 Å². The molecule has 0 unspecified atom stereocenters. The molecule has 2 aromatic carbocycles. The minimum Gasteiger partial charge on any atom is -0.459 e. The number of piperidine rings is 1. The van der Waals surface area contributed by atoms with Gasteiger partial charge in [-0.2, -0.15) is 0 Å². The largest absolute Gasteiger partial charge is 0.459 e. The third-order valence-electron chi connectivity index (χ3n) is 4.03. The van der Waals surface area contributed by atoms with Gasteiger partial charge in [0.25, 0.3) is 0 Å². The first kappa shape index (κ1) is 14.0. The van der Waals surface area contributed by atoms with E-state index >= 15 is 0 Å². The molecular formula is C17H18FNO2. The van der Waals surface area contributed by atoms with Crippen molar-refractivity contribution in [3.05, 3.63) is 47.8 Å². The van der Waals surface area contributed by atoms with E-state index in [4.69, 9.17) is 4.74 Å². The minimum absolute atomic E-state index is 0.0440. The number of esters is 1. The quantitative estimate of drug-likeness (QED) is 0.794. The van der Waals surface area contributed by atoms with Crippen LogP contribution in [0.3, 0.4) is 0 Å². The van der Waals surface area contributed by atoms with Crippen molar-refractivity contribution in [3.63, 3.8) is 0 Å². The number of rotatable bonds is 2. The summed E-state index contributed by atoms with van der Waals surface area (Å²) in [4.78, 5) is 14.6. The van der Waals surface area contributed by atoms with Gasteiger partial charge >= 0.3 is 5.97 Å². The number of halogens is 1. The van der Waals surface area contributed by atoms with Crippen molar-refractivity contribution in [3.8, 4) is 0 Å². The number of carbonyl (C=O) groups excluding carboxylic acids is 1. The van der Waals surface area contributed by atoms with Crippen molar-refractivity contribution in [2.24, 2.45) is 0 Å². The van der Waals surface area contributed by atoms with Crippen LogP contribution in [0.15, 0.2) is 36.4 Å². The van der Waals surface area contributed by atoms with Crippen molar-refractivity contribution in [2.75, 3.05) is 20.1 Å². The molecule has 3 rings (SSSR count). The summed E-state index contributed by atoms with van der Waals surface area (Å²) < 4.78 is 19.4. The predicted octanol–water partition coefficient (Wildman–Crippen LogP) is 3.23. The smallest absolute Gasteiger partial charge is 0.339 e. The Morgan fingerprint density at radius 2 is 1.81 bits per heavy atom. The summed E-state index contributed by atoms with van der Waals surface area (Å²) in [6.07, 6.45) is 1.65. The maximum absolute atomic E-state index is 13.8. The predicted molar refractivity (Wildman–Crippen MR) is 79.8 cm³/mol. The normalized spacial score (nSPS) is 17.0. The van der Waals surface area contributed by atoms with Crippen molar-refractivity contribution in [1.29, 1.82) is 0 Å². The molecule has 0 aliphatic carbocycles. The van der Waals surface area contributed by atoms with Gasteiger partial charge in [-0.05, 0) is 37.4 Å². The Hall–Kier alpha value is -1.94. The lowest BCUT2D eigenvalue weighted by molar-refractivity contribution is 0.0141. The topological polar surface area (TPSA) is 29.5 Å². The molecule has 21 heavy (non-hydrogen) atoms. The second-order valence-electron chi connectivity index (χ2n) is 5.55. The Labute approximate surface area is 123 Å². The zero-order chi connectivity index (χ0) is 14.8. The van der Waals surface area contributed by atoms with Gasteiger partial charge in [0.1, 0.15) is 11.9 Å². The van der Waals surface area contributed by atoms with Gasteiger partial charge in [-0.1, -0.05) is 24.3 Å². The number of ether oxygens (including phenoxy) is 1. The van der Waals surface area contributed by atoms with E-state index in [0.29, 0.717) is 16.3 Å². The molecule has 0 radical (unpaired) electrons. The number of hydrogen-bond donors (Lipinski definition) is 0. The zero-order valence-corrected chi connectivity index (χ0v) is 12.0. The van der Waals surface area contributed by atoms with E-state index in [2.05, 4.69) is 11.9 Å². The van der Waals surface area contributed by atoms with E-state index in [1.807, 2.05) is 0 Å². The summed E-state index contributed by atoms with van der Waals surface area (Å²) in [6, 6.07) is 9.83. The second-order valence-corrected chi connectivity index (χ2v) is 5.55. The van der Waals surface area contributed by atoms with Crippen LogP contribution in [0.25, 0.3) is 10.8 Å². The van der Waals surface area contributed by atoms with E-state index in [1.165, 1.54) is 12.1 Å². The molecule has 4 heteroatoms. The van der Waals surface area contributed by atoms with Crippen molar-refractivity contribution in [1.82, 2.24) is 4.90 Å².